The van der Waals surface area contributed by atoms with Crippen LogP contribution in [0, 0.1) is 11.8 Å². The Morgan fingerprint density at radius 2 is 1.93 bits per heavy atom. The molecule has 3 atom stereocenters. The molecule has 14 heavy (non-hydrogen) atoms. The maximum Gasteiger partial charge on any atom is 0.0227 e. The lowest BCUT2D eigenvalue weighted by Crippen LogP contribution is -2.49. The summed E-state index contributed by atoms with van der Waals surface area (Å²) in [5.74, 6) is 1.60. The molecule has 0 aromatic carbocycles. The third-order valence-corrected chi connectivity index (χ3v) is 4.65. The van der Waals surface area contributed by atoms with Crippen LogP contribution in [0.4, 0.5) is 0 Å². The van der Waals surface area contributed by atoms with Crippen LogP contribution in [0.5, 0.6) is 0 Å². The molecule has 1 nitrogen and oxygen atoms in total. The molecular formula is C12H25NS. The summed E-state index contributed by atoms with van der Waals surface area (Å²) in [5.41, 5.74) is 0. The van der Waals surface area contributed by atoms with Gasteiger partial charge in [0.2, 0.25) is 0 Å². The van der Waals surface area contributed by atoms with E-state index in [2.05, 4.69) is 51.7 Å². The first-order chi connectivity index (χ1) is 6.50. The molecule has 1 heterocycles. The second-order valence-electron chi connectivity index (χ2n) is 5.30. The second-order valence-corrected chi connectivity index (χ2v) is 6.92. The van der Waals surface area contributed by atoms with Gasteiger partial charge in [-0.05, 0) is 18.3 Å². The Labute approximate surface area is 93.4 Å². The van der Waals surface area contributed by atoms with E-state index in [1.807, 2.05) is 0 Å². The Bertz CT molecular complexity index is 168. The van der Waals surface area contributed by atoms with E-state index in [9.17, 15) is 0 Å². The molecule has 0 radical (unpaired) electrons. The first-order valence-electron chi connectivity index (χ1n) is 5.89. The molecular weight excluding hydrogens is 190 g/mol. The van der Waals surface area contributed by atoms with E-state index in [-0.39, 0.29) is 0 Å². The Morgan fingerprint density at radius 1 is 1.29 bits per heavy atom. The lowest BCUT2D eigenvalue weighted by molar-refractivity contribution is 0.360. The molecule has 84 valence electrons. The van der Waals surface area contributed by atoms with Gasteiger partial charge in [0.05, 0.1) is 0 Å². The van der Waals surface area contributed by atoms with E-state index in [1.54, 1.807) is 0 Å². The zero-order chi connectivity index (χ0) is 10.7. The molecule has 0 aromatic heterocycles. The maximum absolute atomic E-state index is 3.71. The van der Waals surface area contributed by atoms with Crippen molar-refractivity contribution in [2.45, 2.75) is 57.6 Å². The van der Waals surface area contributed by atoms with E-state index in [0.29, 0.717) is 0 Å². The minimum absolute atomic E-state index is 0.733. The van der Waals surface area contributed by atoms with E-state index < -0.39 is 0 Å². The van der Waals surface area contributed by atoms with Crippen LogP contribution in [0.15, 0.2) is 0 Å². The van der Waals surface area contributed by atoms with Gasteiger partial charge in [-0.15, -0.1) is 0 Å². The van der Waals surface area contributed by atoms with Crippen molar-refractivity contribution in [1.82, 2.24) is 5.32 Å². The average Bonchev–Trinajstić information content (AvgIpc) is 2.07. The average molecular weight is 215 g/mol. The molecule has 1 rings (SSSR count). The third kappa shape index (κ3) is 3.47. The van der Waals surface area contributed by atoms with E-state index in [0.717, 1.165) is 28.4 Å². The largest absolute Gasteiger partial charge is 0.312 e. The zero-order valence-corrected chi connectivity index (χ0v) is 11.0. The Hall–Kier alpha value is 0.310. The second kappa shape index (κ2) is 5.41. The Balaban J connectivity index is 2.53. The van der Waals surface area contributed by atoms with Crippen LogP contribution in [-0.2, 0) is 0 Å². The van der Waals surface area contributed by atoms with Gasteiger partial charge in [-0.3, -0.25) is 0 Å². The van der Waals surface area contributed by atoms with Gasteiger partial charge in [-0.2, -0.15) is 11.8 Å². The summed E-state index contributed by atoms with van der Waals surface area (Å²) in [4.78, 5) is 0. The fourth-order valence-corrected chi connectivity index (χ4v) is 3.63. The summed E-state index contributed by atoms with van der Waals surface area (Å²) < 4.78 is 0. The predicted octanol–water partition coefficient (Wildman–Crippen LogP) is 3.15. The summed E-state index contributed by atoms with van der Waals surface area (Å²) >= 11 is 2.18. The molecule has 1 fully saturated rings. The van der Waals surface area contributed by atoms with Crippen LogP contribution in [0.2, 0.25) is 0 Å². The standard InChI is InChI=1S/C12H25NS/c1-8(2)6-11-12(9(3)4)14-10(5)7-13-11/h8-13H,6-7H2,1-5H3. The van der Waals surface area contributed by atoms with Crippen molar-refractivity contribution < 1.29 is 0 Å². The molecule has 1 aliphatic heterocycles. The fraction of sp³-hybridized carbons (Fsp3) is 1.00. The van der Waals surface area contributed by atoms with E-state index >= 15 is 0 Å². The van der Waals surface area contributed by atoms with Gasteiger partial charge in [0.1, 0.15) is 0 Å². The topological polar surface area (TPSA) is 12.0 Å². The number of nitrogens with one attached hydrogen (secondary N) is 1. The zero-order valence-electron chi connectivity index (χ0n) is 10.2. The first-order valence-corrected chi connectivity index (χ1v) is 6.83. The molecule has 0 aromatic rings. The highest BCUT2D eigenvalue weighted by molar-refractivity contribution is 8.00. The Morgan fingerprint density at radius 3 is 2.43 bits per heavy atom. The van der Waals surface area contributed by atoms with Crippen molar-refractivity contribution in [2.75, 3.05) is 6.54 Å². The molecule has 1 N–H and O–H groups in total. The van der Waals surface area contributed by atoms with Gasteiger partial charge in [-0.25, -0.2) is 0 Å². The number of rotatable bonds is 3. The molecule has 1 aliphatic rings. The van der Waals surface area contributed by atoms with Crippen LogP contribution in [0.1, 0.15) is 41.0 Å². The molecule has 1 saturated heterocycles. The summed E-state index contributed by atoms with van der Waals surface area (Å²) in [6.07, 6.45) is 1.32. The highest BCUT2D eigenvalue weighted by Gasteiger charge is 2.30. The van der Waals surface area contributed by atoms with Crippen LogP contribution in [-0.4, -0.2) is 23.1 Å². The molecule has 0 aliphatic carbocycles. The highest BCUT2D eigenvalue weighted by Crippen LogP contribution is 2.32. The molecule has 3 unspecified atom stereocenters. The highest BCUT2D eigenvalue weighted by atomic mass is 32.2. The minimum Gasteiger partial charge on any atom is -0.312 e. The lowest BCUT2D eigenvalue weighted by atomic mass is 9.94. The third-order valence-electron chi connectivity index (χ3n) is 2.84. The van der Waals surface area contributed by atoms with Crippen molar-refractivity contribution in [3.8, 4) is 0 Å². The van der Waals surface area contributed by atoms with E-state index in [4.69, 9.17) is 0 Å². The molecule has 0 saturated carbocycles. The monoisotopic (exact) mass is 215 g/mol. The van der Waals surface area contributed by atoms with Crippen molar-refractivity contribution in [2.24, 2.45) is 11.8 Å². The van der Waals surface area contributed by atoms with Gasteiger partial charge in [0.25, 0.3) is 0 Å². The molecule has 0 bridgehead atoms. The number of hydrogen-bond acceptors (Lipinski definition) is 2. The first kappa shape index (κ1) is 12.4. The summed E-state index contributed by atoms with van der Waals surface area (Å²) in [7, 11) is 0. The van der Waals surface area contributed by atoms with Gasteiger partial charge in [-0.1, -0.05) is 34.6 Å². The molecule has 2 heteroatoms. The van der Waals surface area contributed by atoms with Gasteiger partial charge < -0.3 is 5.32 Å². The summed E-state index contributed by atoms with van der Waals surface area (Å²) in [5, 5.41) is 5.30. The smallest absolute Gasteiger partial charge is 0.0227 e. The molecule has 0 amide bonds. The molecule has 0 spiro atoms. The van der Waals surface area contributed by atoms with Crippen molar-refractivity contribution >= 4 is 11.8 Å². The summed E-state index contributed by atoms with van der Waals surface area (Å²) in [6, 6.07) is 0.733. The normalized spacial score (nSPS) is 34.1. The number of hydrogen-bond donors (Lipinski definition) is 1. The van der Waals surface area contributed by atoms with Crippen LogP contribution in [0.3, 0.4) is 0 Å². The predicted molar refractivity (Wildman–Crippen MR) is 66.9 cm³/mol. The SMILES string of the molecule is CC(C)CC1NCC(C)SC1C(C)C. The summed E-state index contributed by atoms with van der Waals surface area (Å²) in [6.45, 7) is 12.9. The van der Waals surface area contributed by atoms with Gasteiger partial charge >= 0.3 is 0 Å². The maximum atomic E-state index is 3.71. The minimum atomic E-state index is 0.733. The van der Waals surface area contributed by atoms with Crippen LogP contribution in [0.25, 0.3) is 0 Å². The quantitative estimate of drug-likeness (QED) is 0.776. The number of thioether (sulfide) groups is 1. The van der Waals surface area contributed by atoms with Crippen molar-refractivity contribution in [3.63, 3.8) is 0 Å². The van der Waals surface area contributed by atoms with Crippen molar-refractivity contribution in [1.29, 1.82) is 0 Å². The van der Waals surface area contributed by atoms with E-state index in [1.165, 1.54) is 13.0 Å². The van der Waals surface area contributed by atoms with Crippen molar-refractivity contribution in [3.05, 3.63) is 0 Å². The Kier molecular flexibility index (Phi) is 4.78. The van der Waals surface area contributed by atoms with Gasteiger partial charge in [0, 0.05) is 23.1 Å². The van der Waals surface area contributed by atoms with Crippen LogP contribution < -0.4 is 5.32 Å². The fourth-order valence-electron chi connectivity index (χ4n) is 2.19. The van der Waals surface area contributed by atoms with Crippen LogP contribution >= 0.6 is 11.8 Å². The lowest BCUT2D eigenvalue weighted by Gasteiger charge is -2.38. The van der Waals surface area contributed by atoms with Gasteiger partial charge in [0.15, 0.2) is 0 Å².